The van der Waals surface area contributed by atoms with Gasteiger partial charge in [0.25, 0.3) is 0 Å². The maximum atomic E-state index is 13.8. The zero-order valence-corrected chi connectivity index (χ0v) is 22.0. The fraction of sp³-hybridized carbons (Fsp3) is 0.290. The minimum atomic E-state index is -5.02. The van der Waals surface area contributed by atoms with Gasteiger partial charge in [0.15, 0.2) is 0 Å². The fourth-order valence-electron chi connectivity index (χ4n) is 5.67. The van der Waals surface area contributed by atoms with Crippen molar-refractivity contribution in [2.45, 2.75) is 49.9 Å². The molecule has 0 aliphatic carbocycles. The van der Waals surface area contributed by atoms with Crippen molar-refractivity contribution < 1.29 is 45.1 Å². The van der Waals surface area contributed by atoms with Crippen LogP contribution in [-0.2, 0) is 21.9 Å². The van der Waals surface area contributed by atoms with Gasteiger partial charge in [-0.1, -0.05) is 36.4 Å². The van der Waals surface area contributed by atoms with Crippen LogP contribution >= 0.6 is 0 Å². The molecule has 1 fully saturated rings. The Labute approximate surface area is 236 Å². The lowest BCUT2D eigenvalue weighted by molar-refractivity contribution is -0.143. The van der Waals surface area contributed by atoms with Gasteiger partial charge in [-0.05, 0) is 65.9 Å². The lowest BCUT2D eigenvalue weighted by Crippen LogP contribution is -2.39. The second-order valence-electron chi connectivity index (χ2n) is 10.4. The average Bonchev–Trinajstić information content (AvgIpc) is 3.30. The summed E-state index contributed by atoms with van der Waals surface area (Å²) in [7, 11) is 0. The molecule has 11 heteroatoms. The molecule has 0 saturated carbocycles. The molecule has 1 amide bonds. The molecule has 3 aromatic carbocycles. The van der Waals surface area contributed by atoms with Crippen LogP contribution in [0.1, 0.15) is 63.5 Å². The van der Waals surface area contributed by atoms with Crippen LogP contribution in [-0.4, -0.2) is 35.8 Å². The fourth-order valence-corrected chi connectivity index (χ4v) is 5.67. The number of aldehydes is 1. The normalized spacial score (nSPS) is 21.6. The lowest BCUT2D eigenvalue weighted by atomic mass is 9.83. The van der Waals surface area contributed by atoms with Crippen molar-refractivity contribution in [2.24, 2.45) is 0 Å². The van der Waals surface area contributed by atoms with Crippen molar-refractivity contribution in [1.29, 1.82) is 0 Å². The molecule has 220 valence electrons. The summed E-state index contributed by atoms with van der Waals surface area (Å²) >= 11 is 0. The van der Waals surface area contributed by atoms with Crippen LogP contribution in [0.15, 0.2) is 72.8 Å². The molecule has 2 heterocycles. The summed E-state index contributed by atoms with van der Waals surface area (Å²) in [5.74, 6) is -1.41. The smallest absolute Gasteiger partial charge is 0.368 e. The van der Waals surface area contributed by atoms with Crippen molar-refractivity contribution in [1.82, 2.24) is 4.90 Å². The summed E-state index contributed by atoms with van der Waals surface area (Å²) in [5.41, 5.74) is -0.761. The van der Waals surface area contributed by atoms with Crippen molar-refractivity contribution in [3.05, 3.63) is 112 Å². The number of ether oxygens (including phenoxy) is 1. The first kappa shape index (κ1) is 29.5. The van der Waals surface area contributed by atoms with Crippen LogP contribution in [0.4, 0.5) is 30.7 Å². The van der Waals surface area contributed by atoms with Crippen LogP contribution in [0.25, 0.3) is 5.57 Å². The Morgan fingerprint density at radius 2 is 1.50 bits per heavy atom. The van der Waals surface area contributed by atoms with Gasteiger partial charge in [0.05, 0.1) is 23.3 Å². The van der Waals surface area contributed by atoms with E-state index in [0.717, 1.165) is 0 Å². The molecule has 4 atom stereocenters. The zero-order chi connectivity index (χ0) is 30.4. The first-order chi connectivity index (χ1) is 19.7. The van der Waals surface area contributed by atoms with Gasteiger partial charge in [0, 0.05) is 30.1 Å². The average molecular weight is 592 g/mol. The highest BCUT2D eigenvalue weighted by atomic mass is 19.4. The number of fused-ring (bicyclic) bond motifs is 1. The molecule has 42 heavy (non-hydrogen) atoms. The van der Waals surface area contributed by atoms with Crippen molar-refractivity contribution in [2.75, 3.05) is 6.54 Å². The van der Waals surface area contributed by atoms with Crippen molar-refractivity contribution in [3.8, 4) is 0 Å². The molecule has 0 aromatic heterocycles. The van der Waals surface area contributed by atoms with Gasteiger partial charge in [-0.15, -0.1) is 0 Å². The summed E-state index contributed by atoms with van der Waals surface area (Å²) < 4.78 is 101. The van der Waals surface area contributed by atoms with Crippen molar-refractivity contribution in [3.63, 3.8) is 0 Å². The Morgan fingerprint density at radius 1 is 0.905 bits per heavy atom. The second-order valence-corrected chi connectivity index (χ2v) is 10.4. The number of nitrogens with zero attached hydrogens (tertiary/aromatic N) is 1. The van der Waals surface area contributed by atoms with E-state index in [1.807, 2.05) is 0 Å². The maximum absolute atomic E-state index is 13.8. The second kappa shape index (κ2) is 11.0. The minimum Gasteiger partial charge on any atom is -0.368 e. The number of halogens is 7. The third kappa shape index (κ3) is 5.97. The maximum Gasteiger partial charge on any atom is 0.416 e. The van der Waals surface area contributed by atoms with E-state index in [2.05, 4.69) is 0 Å². The zero-order valence-electron chi connectivity index (χ0n) is 22.0. The van der Waals surface area contributed by atoms with E-state index in [0.29, 0.717) is 47.1 Å². The number of benzene rings is 3. The Balaban J connectivity index is 1.49. The lowest BCUT2D eigenvalue weighted by Gasteiger charge is -2.33. The van der Waals surface area contributed by atoms with Gasteiger partial charge in [-0.25, -0.2) is 4.39 Å². The molecule has 0 radical (unpaired) electrons. The molecule has 2 aliphatic rings. The first-order valence-electron chi connectivity index (χ1n) is 13.0. The van der Waals surface area contributed by atoms with E-state index >= 15 is 0 Å². The molecule has 4 nitrogen and oxygen atoms in total. The SMILES string of the molecule is CC(O[C@H]1CN2C(=O)C=C(c3ccc(C=O)cc3)C[C@H]2C1c1ccc(F)cc1)c1cc(C(F)(F)F)cc(C(F)(F)F)c1. The van der Waals surface area contributed by atoms with Gasteiger partial charge in [-0.2, -0.15) is 26.3 Å². The Morgan fingerprint density at radius 3 is 2.05 bits per heavy atom. The van der Waals surface area contributed by atoms with E-state index in [-0.39, 0.29) is 24.1 Å². The van der Waals surface area contributed by atoms with Crippen LogP contribution < -0.4 is 0 Å². The van der Waals surface area contributed by atoms with Gasteiger partial charge < -0.3 is 9.64 Å². The number of hydrogen-bond acceptors (Lipinski definition) is 3. The van der Waals surface area contributed by atoms with Crippen LogP contribution in [0.3, 0.4) is 0 Å². The van der Waals surface area contributed by atoms with E-state index in [1.165, 1.54) is 37.3 Å². The minimum absolute atomic E-state index is 0.0227. The summed E-state index contributed by atoms with van der Waals surface area (Å²) in [5, 5.41) is 0. The molecule has 0 spiro atoms. The van der Waals surface area contributed by atoms with E-state index < -0.39 is 53.5 Å². The van der Waals surface area contributed by atoms with Gasteiger partial charge in [0.1, 0.15) is 12.1 Å². The number of amides is 1. The molecule has 0 N–H and O–H groups in total. The van der Waals surface area contributed by atoms with Gasteiger partial charge in [0.2, 0.25) is 5.91 Å². The van der Waals surface area contributed by atoms with Gasteiger partial charge in [-0.3, -0.25) is 9.59 Å². The molecular weight excluding hydrogens is 567 g/mol. The molecule has 3 aromatic rings. The highest BCUT2D eigenvalue weighted by Crippen LogP contribution is 2.45. The summed E-state index contributed by atoms with van der Waals surface area (Å²) in [6.07, 6.45) is -9.56. The standard InChI is InChI=1S/C31H24F7NO3/c1-17(21-10-23(30(33,34)35)14-24(11-21)31(36,37)38)42-27-15-39-26(29(27)20-6-8-25(32)9-7-20)12-22(13-28(39)41)19-4-2-18(16-40)3-5-19/h2-11,13-14,16-17,26-27,29H,12,15H2,1H3/t17?,26-,27-,29?/m0/s1. The topological polar surface area (TPSA) is 46.6 Å². The predicted molar refractivity (Wildman–Crippen MR) is 139 cm³/mol. The van der Waals surface area contributed by atoms with E-state index in [1.54, 1.807) is 29.2 Å². The molecule has 5 rings (SSSR count). The number of alkyl halides is 6. The molecular formula is C31H24F7NO3. The number of hydrogen-bond donors (Lipinski definition) is 0. The number of carbonyl (C=O) groups excluding carboxylic acids is 2. The predicted octanol–water partition coefficient (Wildman–Crippen LogP) is 7.60. The summed E-state index contributed by atoms with van der Waals surface area (Å²) in [6, 6.07) is 13.0. The molecule has 1 saturated heterocycles. The Bertz CT molecular complexity index is 1480. The van der Waals surface area contributed by atoms with Crippen molar-refractivity contribution >= 4 is 17.8 Å². The largest absolute Gasteiger partial charge is 0.416 e. The Kier molecular flexibility index (Phi) is 7.74. The monoisotopic (exact) mass is 591 g/mol. The van der Waals surface area contributed by atoms with Crippen LogP contribution in [0.2, 0.25) is 0 Å². The van der Waals surface area contributed by atoms with Gasteiger partial charge >= 0.3 is 12.4 Å². The number of carbonyl (C=O) groups is 2. The van der Waals surface area contributed by atoms with E-state index in [4.69, 9.17) is 4.74 Å². The Hall–Kier alpha value is -3.99. The third-order valence-electron chi connectivity index (χ3n) is 7.73. The van der Waals surface area contributed by atoms with Crippen LogP contribution in [0.5, 0.6) is 0 Å². The highest BCUT2D eigenvalue weighted by Gasteiger charge is 2.48. The summed E-state index contributed by atoms with van der Waals surface area (Å²) in [6.45, 7) is 1.38. The third-order valence-corrected chi connectivity index (χ3v) is 7.73. The van der Waals surface area contributed by atoms with E-state index in [9.17, 15) is 40.3 Å². The molecule has 2 aliphatic heterocycles. The first-order valence-corrected chi connectivity index (χ1v) is 13.0. The summed E-state index contributed by atoms with van der Waals surface area (Å²) in [4.78, 5) is 25.9. The molecule has 0 bridgehead atoms. The quantitative estimate of drug-likeness (QED) is 0.219. The highest BCUT2D eigenvalue weighted by molar-refractivity contribution is 5.98. The molecule has 2 unspecified atom stereocenters. The van der Waals surface area contributed by atoms with Crippen LogP contribution in [0, 0.1) is 5.82 Å². The number of rotatable bonds is 6.